The van der Waals surface area contributed by atoms with Gasteiger partial charge in [0.2, 0.25) is 0 Å². The summed E-state index contributed by atoms with van der Waals surface area (Å²) < 4.78 is 27.5. The largest absolute Gasteiger partial charge is 0.376 e. The molecule has 2 aromatic carbocycles. The van der Waals surface area contributed by atoms with Gasteiger partial charge in [-0.25, -0.2) is 8.78 Å². The predicted octanol–water partition coefficient (Wildman–Crippen LogP) is 4.15. The van der Waals surface area contributed by atoms with Crippen molar-refractivity contribution < 1.29 is 8.78 Å². The molecular weight excluding hydrogens is 326 g/mol. The molecule has 0 aromatic heterocycles. The Morgan fingerprint density at radius 2 is 1.80 bits per heavy atom. The minimum Gasteiger partial charge on any atom is -0.376 e. The van der Waals surface area contributed by atoms with Crippen molar-refractivity contribution in [3.63, 3.8) is 0 Å². The van der Waals surface area contributed by atoms with E-state index in [1.807, 2.05) is 25.1 Å². The molecule has 0 bridgehead atoms. The van der Waals surface area contributed by atoms with Gasteiger partial charge in [0.05, 0.1) is 6.04 Å². The molecule has 0 aliphatic carbocycles. The number of hydrogen-bond acceptors (Lipinski definition) is 2. The SMILES string of the molecule is Cc1ccc(Br)c(NC(CN)c2cc(F)cc(F)c2)c1. The summed E-state index contributed by atoms with van der Waals surface area (Å²) in [5.41, 5.74) is 8.12. The average molecular weight is 341 g/mol. The molecule has 0 saturated carbocycles. The third kappa shape index (κ3) is 3.55. The minimum absolute atomic E-state index is 0.225. The van der Waals surface area contributed by atoms with Crippen LogP contribution in [0.25, 0.3) is 0 Å². The summed E-state index contributed by atoms with van der Waals surface area (Å²) in [4.78, 5) is 0. The quantitative estimate of drug-likeness (QED) is 0.877. The molecule has 2 nitrogen and oxygen atoms in total. The van der Waals surface area contributed by atoms with Crippen LogP contribution < -0.4 is 11.1 Å². The van der Waals surface area contributed by atoms with E-state index in [2.05, 4.69) is 21.2 Å². The Hall–Kier alpha value is -1.46. The third-order valence-corrected chi connectivity index (χ3v) is 3.67. The molecule has 0 heterocycles. The molecule has 106 valence electrons. The zero-order valence-corrected chi connectivity index (χ0v) is 12.5. The summed E-state index contributed by atoms with van der Waals surface area (Å²) >= 11 is 3.44. The summed E-state index contributed by atoms with van der Waals surface area (Å²) in [5.74, 6) is -1.22. The number of anilines is 1. The van der Waals surface area contributed by atoms with Gasteiger partial charge in [-0.05, 0) is 58.2 Å². The van der Waals surface area contributed by atoms with E-state index in [0.717, 1.165) is 21.8 Å². The maximum atomic E-state index is 13.3. The lowest BCUT2D eigenvalue weighted by Gasteiger charge is -2.20. The summed E-state index contributed by atoms with van der Waals surface area (Å²) in [7, 11) is 0. The smallest absolute Gasteiger partial charge is 0.126 e. The first kappa shape index (κ1) is 14.9. The fraction of sp³-hybridized carbons (Fsp3) is 0.200. The maximum absolute atomic E-state index is 13.3. The average Bonchev–Trinajstić information content (AvgIpc) is 2.38. The van der Waals surface area contributed by atoms with Crippen LogP contribution in [-0.4, -0.2) is 6.54 Å². The Bertz CT molecular complexity index is 597. The molecule has 3 N–H and O–H groups in total. The Balaban J connectivity index is 2.30. The van der Waals surface area contributed by atoms with Gasteiger partial charge in [-0.1, -0.05) is 6.07 Å². The number of nitrogens with two attached hydrogens (primary N) is 1. The first-order valence-corrected chi connectivity index (χ1v) is 6.97. The number of halogens is 3. The molecule has 5 heteroatoms. The van der Waals surface area contributed by atoms with E-state index in [1.165, 1.54) is 12.1 Å². The molecule has 1 unspecified atom stereocenters. The lowest BCUT2D eigenvalue weighted by Crippen LogP contribution is -2.21. The van der Waals surface area contributed by atoms with E-state index in [4.69, 9.17) is 5.73 Å². The van der Waals surface area contributed by atoms with E-state index < -0.39 is 11.6 Å². The van der Waals surface area contributed by atoms with Crippen LogP contribution in [0.4, 0.5) is 14.5 Å². The van der Waals surface area contributed by atoms with Crippen LogP contribution in [0.1, 0.15) is 17.2 Å². The van der Waals surface area contributed by atoms with Gasteiger partial charge in [0.1, 0.15) is 11.6 Å². The number of nitrogens with one attached hydrogen (secondary N) is 1. The topological polar surface area (TPSA) is 38.0 Å². The zero-order valence-electron chi connectivity index (χ0n) is 11.0. The number of benzene rings is 2. The molecule has 0 spiro atoms. The van der Waals surface area contributed by atoms with Gasteiger partial charge in [-0.2, -0.15) is 0 Å². The summed E-state index contributed by atoms with van der Waals surface area (Å²) in [5, 5.41) is 3.20. The Morgan fingerprint density at radius 1 is 1.15 bits per heavy atom. The Kier molecular flexibility index (Phi) is 4.73. The second-order valence-corrected chi connectivity index (χ2v) is 5.47. The van der Waals surface area contributed by atoms with E-state index in [-0.39, 0.29) is 12.6 Å². The van der Waals surface area contributed by atoms with E-state index in [1.54, 1.807) is 0 Å². The summed E-state index contributed by atoms with van der Waals surface area (Å²) in [6, 6.07) is 8.89. The highest BCUT2D eigenvalue weighted by Crippen LogP contribution is 2.28. The molecule has 20 heavy (non-hydrogen) atoms. The lowest BCUT2D eigenvalue weighted by atomic mass is 10.1. The fourth-order valence-corrected chi connectivity index (χ4v) is 2.35. The van der Waals surface area contributed by atoms with Gasteiger partial charge in [-0.15, -0.1) is 0 Å². The second kappa shape index (κ2) is 6.33. The predicted molar refractivity (Wildman–Crippen MR) is 80.7 cm³/mol. The van der Waals surface area contributed by atoms with E-state index >= 15 is 0 Å². The van der Waals surface area contributed by atoms with Crippen molar-refractivity contribution in [1.29, 1.82) is 0 Å². The van der Waals surface area contributed by atoms with Crippen molar-refractivity contribution in [3.05, 3.63) is 63.6 Å². The molecule has 0 aliphatic rings. The van der Waals surface area contributed by atoms with Crippen LogP contribution in [0, 0.1) is 18.6 Å². The zero-order chi connectivity index (χ0) is 14.7. The van der Waals surface area contributed by atoms with Crippen molar-refractivity contribution in [2.24, 2.45) is 5.73 Å². The molecule has 0 radical (unpaired) electrons. The first-order valence-electron chi connectivity index (χ1n) is 6.18. The third-order valence-electron chi connectivity index (χ3n) is 2.97. The molecule has 2 rings (SSSR count). The molecule has 0 fully saturated rings. The van der Waals surface area contributed by atoms with E-state index in [0.29, 0.717) is 5.56 Å². The Morgan fingerprint density at radius 3 is 2.40 bits per heavy atom. The van der Waals surface area contributed by atoms with Crippen molar-refractivity contribution in [2.75, 3.05) is 11.9 Å². The second-order valence-electron chi connectivity index (χ2n) is 4.62. The van der Waals surface area contributed by atoms with Crippen LogP contribution in [0.2, 0.25) is 0 Å². The van der Waals surface area contributed by atoms with Crippen molar-refractivity contribution >= 4 is 21.6 Å². The number of aryl methyl sites for hydroxylation is 1. The van der Waals surface area contributed by atoms with Gasteiger partial charge in [-0.3, -0.25) is 0 Å². The van der Waals surface area contributed by atoms with Crippen LogP contribution in [0.3, 0.4) is 0 Å². The standard InChI is InChI=1S/C15H15BrF2N2/c1-9-2-3-13(16)14(4-9)20-15(8-19)10-5-11(17)7-12(18)6-10/h2-7,15,20H,8,19H2,1H3. The van der Waals surface area contributed by atoms with Crippen molar-refractivity contribution in [2.45, 2.75) is 13.0 Å². The van der Waals surface area contributed by atoms with Crippen LogP contribution in [0.5, 0.6) is 0 Å². The highest BCUT2D eigenvalue weighted by Gasteiger charge is 2.13. The monoisotopic (exact) mass is 340 g/mol. The van der Waals surface area contributed by atoms with Crippen molar-refractivity contribution in [3.8, 4) is 0 Å². The summed E-state index contributed by atoms with van der Waals surface area (Å²) in [6.45, 7) is 2.19. The summed E-state index contributed by atoms with van der Waals surface area (Å²) in [6.07, 6.45) is 0. The Labute approximate surface area is 125 Å². The molecule has 2 aromatic rings. The van der Waals surface area contributed by atoms with Gasteiger partial charge >= 0.3 is 0 Å². The minimum atomic E-state index is -0.608. The van der Waals surface area contributed by atoms with Gasteiger partial charge in [0.15, 0.2) is 0 Å². The van der Waals surface area contributed by atoms with Crippen LogP contribution >= 0.6 is 15.9 Å². The fourth-order valence-electron chi connectivity index (χ4n) is 1.99. The maximum Gasteiger partial charge on any atom is 0.126 e. The van der Waals surface area contributed by atoms with Crippen LogP contribution in [-0.2, 0) is 0 Å². The molecule has 0 aliphatic heterocycles. The highest BCUT2D eigenvalue weighted by atomic mass is 79.9. The highest BCUT2D eigenvalue weighted by molar-refractivity contribution is 9.10. The lowest BCUT2D eigenvalue weighted by molar-refractivity contribution is 0.576. The molecule has 0 saturated heterocycles. The molecule has 1 atom stereocenters. The van der Waals surface area contributed by atoms with Crippen molar-refractivity contribution in [1.82, 2.24) is 0 Å². The normalized spacial score (nSPS) is 12.2. The van der Waals surface area contributed by atoms with Crippen LogP contribution in [0.15, 0.2) is 40.9 Å². The number of rotatable bonds is 4. The number of hydrogen-bond donors (Lipinski definition) is 2. The van der Waals surface area contributed by atoms with Gasteiger partial charge < -0.3 is 11.1 Å². The first-order chi connectivity index (χ1) is 9.49. The van der Waals surface area contributed by atoms with Gasteiger partial charge in [0.25, 0.3) is 0 Å². The van der Waals surface area contributed by atoms with Gasteiger partial charge in [0, 0.05) is 22.8 Å². The van der Waals surface area contributed by atoms with E-state index in [9.17, 15) is 8.78 Å². The molecular formula is C15H15BrF2N2. The molecule has 0 amide bonds.